The lowest BCUT2D eigenvalue weighted by molar-refractivity contribution is -0.124. The van der Waals surface area contributed by atoms with Crippen LogP contribution in [0.5, 0.6) is 0 Å². The molecule has 1 heterocycles. The second-order valence-electron chi connectivity index (χ2n) is 6.18. The molecule has 2 rings (SSSR count). The fourth-order valence-corrected chi connectivity index (χ4v) is 2.74. The maximum Gasteiger partial charge on any atom is 0.332 e. The van der Waals surface area contributed by atoms with E-state index in [0.29, 0.717) is 28.4 Å². The molecule has 0 saturated heterocycles. The second-order valence-corrected chi connectivity index (χ2v) is 6.61. The molecule has 1 amide bonds. The lowest BCUT2D eigenvalue weighted by atomic mass is 10.2. The Kier molecular flexibility index (Phi) is 5.49. The predicted molar refractivity (Wildman–Crippen MR) is 95.7 cm³/mol. The summed E-state index contributed by atoms with van der Waals surface area (Å²) in [5.41, 5.74) is -0.515. The van der Waals surface area contributed by atoms with Crippen molar-refractivity contribution in [2.24, 2.45) is 5.92 Å². The molecule has 0 fully saturated rings. The summed E-state index contributed by atoms with van der Waals surface area (Å²) < 4.78 is 2.46. The van der Waals surface area contributed by atoms with Gasteiger partial charge >= 0.3 is 5.69 Å². The van der Waals surface area contributed by atoms with Crippen LogP contribution in [0.1, 0.15) is 33.7 Å². The number of halogens is 1. The van der Waals surface area contributed by atoms with Crippen LogP contribution in [0.3, 0.4) is 0 Å². The van der Waals surface area contributed by atoms with Gasteiger partial charge in [0.15, 0.2) is 0 Å². The van der Waals surface area contributed by atoms with E-state index in [4.69, 9.17) is 11.6 Å². The molecule has 2 aromatic rings. The van der Waals surface area contributed by atoms with Crippen LogP contribution in [-0.2, 0) is 11.3 Å². The summed E-state index contributed by atoms with van der Waals surface area (Å²) >= 11 is 6.03. The summed E-state index contributed by atoms with van der Waals surface area (Å²) in [6.07, 6.45) is 0. The molecule has 0 spiro atoms. The van der Waals surface area contributed by atoms with Gasteiger partial charge in [0, 0.05) is 18.1 Å². The maximum atomic E-state index is 12.7. The fraction of sp³-hybridized carbons (Fsp3) is 0.471. The first kappa shape index (κ1) is 18.3. The molecule has 0 aliphatic rings. The number of hydrogen-bond donors (Lipinski definition) is 1. The molecule has 130 valence electrons. The van der Waals surface area contributed by atoms with Crippen LogP contribution in [0, 0.1) is 5.92 Å². The zero-order valence-corrected chi connectivity index (χ0v) is 15.1. The Bertz CT molecular complexity index is 883. The number of hydrogen-bond acceptors (Lipinski definition) is 3. The lowest BCUT2D eigenvalue weighted by Crippen LogP contribution is -2.44. The summed E-state index contributed by atoms with van der Waals surface area (Å²) in [5, 5.41) is 3.59. The van der Waals surface area contributed by atoms with E-state index in [1.165, 1.54) is 4.57 Å². The van der Waals surface area contributed by atoms with Crippen molar-refractivity contribution in [2.75, 3.05) is 6.54 Å². The third kappa shape index (κ3) is 3.38. The number of nitrogens with one attached hydrogen (secondary N) is 1. The molecule has 0 aliphatic carbocycles. The number of amides is 1. The van der Waals surface area contributed by atoms with E-state index >= 15 is 0 Å². The Balaban J connectivity index is 2.68. The van der Waals surface area contributed by atoms with E-state index in [0.717, 1.165) is 4.57 Å². The average Bonchev–Trinajstić information content (AvgIpc) is 2.52. The second kappa shape index (κ2) is 7.21. The van der Waals surface area contributed by atoms with Gasteiger partial charge in [0.2, 0.25) is 5.91 Å². The first-order valence-electron chi connectivity index (χ1n) is 8.00. The maximum absolute atomic E-state index is 12.7. The van der Waals surface area contributed by atoms with Gasteiger partial charge in [-0.25, -0.2) is 4.79 Å². The van der Waals surface area contributed by atoms with Gasteiger partial charge in [0.05, 0.1) is 10.9 Å². The van der Waals surface area contributed by atoms with Gasteiger partial charge in [-0.2, -0.15) is 0 Å². The van der Waals surface area contributed by atoms with Crippen LogP contribution in [0.25, 0.3) is 10.9 Å². The van der Waals surface area contributed by atoms with Crippen LogP contribution in [0.15, 0.2) is 27.8 Å². The fourth-order valence-electron chi connectivity index (χ4n) is 2.57. The molecule has 0 radical (unpaired) electrons. The highest BCUT2D eigenvalue weighted by Crippen LogP contribution is 2.18. The van der Waals surface area contributed by atoms with Crippen molar-refractivity contribution in [2.45, 2.75) is 40.3 Å². The van der Waals surface area contributed by atoms with Crippen LogP contribution >= 0.6 is 11.6 Å². The molecule has 1 aromatic heterocycles. The summed E-state index contributed by atoms with van der Waals surface area (Å²) in [4.78, 5) is 37.6. The van der Waals surface area contributed by atoms with Crippen molar-refractivity contribution >= 4 is 28.4 Å². The molecule has 0 bridgehead atoms. The largest absolute Gasteiger partial charge is 0.354 e. The van der Waals surface area contributed by atoms with Gasteiger partial charge in [-0.3, -0.25) is 18.7 Å². The number of carbonyl (C=O) groups is 1. The molecular weight excluding hydrogens is 330 g/mol. The van der Waals surface area contributed by atoms with E-state index in [-0.39, 0.29) is 18.0 Å². The Morgan fingerprint density at radius 3 is 2.50 bits per heavy atom. The Hall–Kier alpha value is -2.08. The topological polar surface area (TPSA) is 73.1 Å². The minimum Gasteiger partial charge on any atom is -0.354 e. The van der Waals surface area contributed by atoms with E-state index in [9.17, 15) is 14.4 Å². The Morgan fingerprint density at radius 2 is 1.92 bits per heavy atom. The minimum atomic E-state index is -0.754. The molecular formula is C17H22ClN3O3. The van der Waals surface area contributed by atoms with Gasteiger partial charge in [0.1, 0.15) is 6.04 Å². The minimum absolute atomic E-state index is 0.233. The van der Waals surface area contributed by atoms with Crippen molar-refractivity contribution in [3.8, 4) is 0 Å². The number of nitrogens with zero attached hydrogens (tertiary/aromatic N) is 2. The van der Waals surface area contributed by atoms with Crippen LogP contribution < -0.4 is 16.6 Å². The lowest BCUT2D eigenvalue weighted by Gasteiger charge is -2.20. The van der Waals surface area contributed by atoms with E-state index in [1.807, 2.05) is 13.8 Å². The van der Waals surface area contributed by atoms with Gasteiger partial charge in [0.25, 0.3) is 5.56 Å². The molecule has 0 aliphatic heterocycles. The number of benzene rings is 1. The molecule has 1 atom stereocenters. The number of rotatable bonds is 5. The van der Waals surface area contributed by atoms with Crippen molar-refractivity contribution < 1.29 is 4.79 Å². The Labute approximate surface area is 145 Å². The van der Waals surface area contributed by atoms with Gasteiger partial charge in [-0.15, -0.1) is 0 Å². The van der Waals surface area contributed by atoms with Crippen molar-refractivity contribution in [3.05, 3.63) is 44.1 Å². The van der Waals surface area contributed by atoms with Crippen LogP contribution in [0.4, 0.5) is 0 Å². The van der Waals surface area contributed by atoms with E-state index < -0.39 is 11.7 Å². The summed E-state index contributed by atoms with van der Waals surface area (Å²) in [7, 11) is 0. The van der Waals surface area contributed by atoms with Crippen molar-refractivity contribution in [3.63, 3.8) is 0 Å². The molecule has 1 N–H and O–H groups in total. The summed E-state index contributed by atoms with van der Waals surface area (Å²) in [5.74, 6) is 0.0297. The molecule has 0 saturated carbocycles. The molecule has 6 nitrogen and oxygen atoms in total. The first-order valence-corrected chi connectivity index (χ1v) is 8.38. The molecule has 24 heavy (non-hydrogen) atoms. The average molecular weight is 352 g/mol. The standard InChI is InChI=1S/C17H22ClN3O3/c1-5-20-16(23)13-7-6-12(18)8-14(13)21(17(20)24)11(4)15(22)19-9-10(2)3/h6-8,10-11H,5,9H2,1-4H3,(H,19,22)/t11-/m0/s1. The third-order valence-corrected chi connectivity index (χ3v) is 4.13. The van der Waals surface area contributed by atoms with Crippen molar-refractivity contribution in [1.29, 1.82) is 0 Å². The van der Waals surface area contributed by atoms with Gasteiger partial charge in [-0.05, 0) is 38.0 Å². The normalized spacial score (nSPS) is 12.6. The monoisotopic (exact) mass is 351 g/mol. The first-order chi connectivity index (χ1) is 11.3. The number of aromatic nitrogens is 2. The molecule has 0 unspecified atom stereocenters. The number of fused-ring (bicyclic) bond motifs is 1. The Morgan fingerprint density at radius 1 is 1.25 bits per heavy atom. The van der Waals surface area contributed by atoms with Gasteiger partial charge < -0.3 is 5.32 Å². The third-order valence-electron chi connectivity index (χ3n) is 3.90. The molecule has 7 heteroatoms. The SMILES string of the molecule is CCn1c(=O)c2ccc(Cl)cc2n([C@@H](C)C(=O)NCC(C)C)c1=O. The van der Waals surface area contributed by atoms with Gasteiger partial charge in [-0.1, -0.05) is 25.4 Å². The predicted octanol–water partition coefficient (Wildman–Crippen LogP) is 2.17. The summed E-state index contributed by atoms with van der Waals surface area (Å²) in [6, 6.07) is 3.98. The van der Waals surface area contributed by atoms with Crippen LogP contribution in [0.2, 0.25) is 5.02 Å². The molecule has 1 aromatic carbocycles. The number of carbonyl (C=O) groups excluding carboxylic acids is 1. The zero-order chi connectivity index (χ0) is 18.0. The van der Waals surface area contributed by atoms with Crippen molar-refractivity contribution in [1.82, 2.24) is 14.5 Å². The quantitative estimate of drug-likeness (QED) is 0.897. The van der Waals surface area contributed by atoms with Crippen LogP contribution in [-0.4, -0.2) is 21.6 Å². The van der Waals surface area contributed by atoms with E-state index in [2.05, 4.69) is 5.32 Å². The highest BCUT2D eigenvalue weighted by atomic mass is 35.5. The highest BCUT2D eigenvalue weighted by Gasteiger charge is 2.21. The smallest absolute Gasteiger partial charge is 0.332 e. The summed E-state index contributed by atoms with van der Waals surface area (Å²) in [6.45, 7) is 8.09. The van der Waals surface area contributed by atoms with E-state index in [1.54, 1.807) is 32.0 Å². The zero-order valence-electron chi connectivity index (χ0n) is 14.3. The highest BCUT2D eigenvalue weighted by molar-refractivity contribution is 6.31.